The fourth-order valence-corrected chi connectivity index (χ4v) is 0.278. The summed E-state index contributed by atoms with van der Waals surface area (Å²) in [7, 11) is 0. The van der Waals surface area contributed by atoms with E-state index in [2.05, 4.69) is 11.5 Å². The molecule has 7 heavy (non-hydrogen) atoms. The maximum absolute atomic E-state index is 7.92. The first-order chi connectivity index (χ1) is 3.31. The summed E-state index contributed by atoms with van der Waals surface area (Å²) in [5.74, 6) is 0. The lowest BCUT2D eigenvalue weighted by atomic mass is 10.3. The molecule has 0 aromatic carbocycles. The largest absolute Gasteiger partial charge is 0.252 e. The topological polar surface area (TPSA) is 29.5 Å². The van der Waals surface area contributed by atoms with Crippen molar-refractivity contribution in [2.45, 2.75) is 19.4 Å². The third-order valence-corrected chi connectivity index (χ3v) is 0.679. The van der Waals surface area contributed by atoms with E-state index in [1.165, 1.54) is 0 Å². The number of rotatable bonds is 3. The molecule has 1 N–H and O–H groups in total. The van der Waals surface area contributed by atoms with Crippen LogP contribution in [0.5, 0.6) is 0 Å². The van der Waals surface area contributed by atoms with Crippen LogP contribution in [-0.2, 0) is 4.89 Å². The van der Waals surface area contributed by atoms with Crippen LogP contribution in [0.4, 0.5) is 0 Å². The Morgan fingerprint density at radius 3 is 2.71 bits per heavy atom. The van der Waals surface area contributed by atoms with Gasteiger partial charge < -0.3 is 0 Å². The molecule has 0 heterocycles. The van der Waals surface area contributed by atoms with E-state index in [9.17, 15) is 0 Å². The van der Waals surface area contributed by atoms with Gasteiger partial charge in [-0.1, -0.05) is 6.08 Å². The van der Waals surface area contributed by atoms with Gasteiger partial charge in [-0.25, -0.2) is 4.89 Å². The molecule has 0 bridgehead atoms. The van der Waals surface area contributed by atoms with Crippen molar-refractivity contribution in [2.24, 2.45) is 0 Å². The predicted molar refractivity (Wildman–Crippen MR) is 28.0 cm³/mol. The van der Waals surface area contributed by atoms with E-state index in [0.29, 0.717) is 6.42 Å². The minimum atomic E-state index is -0.113. The van der Waals surface area contributed by atoms with Crippen LogP contribution < -0.4 is 0 Å². The first kappa shape index (κ1) is 6.66. The average molecular weight is 102 g/mol. The van der Waals surface area contributed by atoms with E-state index in [1.807, 2.05) is 0 Å². The highest BCUT2D eigenvalue weighted by molar-refractivity contribution is 4.69. The molecule has 0 aromatic rings. The van der Waals surface area contributed by atoms with Crippen LogP contribution in [-0.4, -0.2) is 11.4 Å². The zero-order valence-electron chi connectivity index (χ0n) is 4.42. The zero-order chi connectivity index (χ0) is 5.70. The Bertz CT molecular complexity index is 52.0. The van der Waals surface area contributed by atoms with Crippen LogP contribution in [0.3, 0.4) is 0 Å². The molecule has 0 fully saturated rings. The van der Waals surface area contributed by atoms with Gasteiger partial charge in [-0.3, -0.25) is 5.26 Å². The van der Waals surface area contributed by atoms with Gasteiger partial charge in [0.2, 0.25) is 0 Å². The molecule has 0 saturated carbocycles. The molecule has 0 aromatic heterocycles. The predicted octanol–water partition coefficient (Wildman–Crippen LogP) is 1.44. The molecule has 1 atom stereocenters. The summed E-state index contributed by atoms with van der Waals surface area (Å²) in [4.78, 5) is 3.92. The molecule has 0 saturated heterocycles. The van der Waals surface area contributed by atoms with Crippen LogP contribution in [0.1, 0.15) is 13.3 Å². The highest BCUT2D eigenvalue weighted by Crippen LogP contribution is 1.92. The summed E-state index contributed by atoms with van der Waals surface area (Å²) in [5.41, 5.74) is 0. The third kappa shape index (κ3) is 3.49. The second kappa shape index (κ2) is 3.84. The van der Waals surface area contributed by atoms with E-state index >= 15 is 0 Å². The first-order valence-electron chi connectivity index (χ1n) is 2.22. The van der Waals surface area contributed by atoms with Crippen molar-refractivity contribution in [1.29, 1.82) is 0 Å². The Morgan fingerprint density at radius 2 is 2.57 bits per heavy atom. The molecule has 2 nitrogen and oxygen atoms in total. The normalized spacial score (nSPS) is 13.4. The van der Waals surface area contributed by atoms with Crippen molar-refractivity contribution in [2.75, 3.05) is 0 Å². The Labute approximate surface area is 43.3 Å². The summed E-state index contributed by atoms with van der Waals surface area (Å²) in [5, 5.41) is 7.92. The lowest BCUT2D eigenvalue weighted by molar-refractivity contribution is -0.272. The highest BCUT2D eigenvalue weighted by Gasteiger charge is 1.93. The molecule has 0 rings (SSSR count). The van der Waals surface area contributed by atoms with Crippen LogP contribution >= 0.6 is 0 Å². The summed E-state index contributed by atoms with van der Waals surface area (Å²) in [6, 6.07) is 0. The summed E-state index contributed by atoms with van der Waals surface area (Å²) in [6.07, 6.45) is 2.27. The van der Waals surface area contributed by atoms with Gasteiger partial charge in [-0.15, -0.1) is 6.58 Å². The summed E-state index contributed by atoms with van der Waals surface area (Å²) >= 11 is 0. The Morgan fingerprint density at radius 1 is 2.00 bits per heavy atom. The molecule has 0 spiro atoms. The van der Waals surface area contributed by atoms with E-state index in [-0.39, 0.29) is 6.10 Å². The Hall–Kier alpha value is -0.340. The second-order valence-corrected chi connectivity index (χ2v) is 1.44. The van der Waals surface area contributed by atoms with Gasteiger partial charge >= 0.3 is 0 Å². The van der Waals surface area contributed by atoms with Crippen molar-refractivity contribution in [1.82, 2.24) is 0 Å². The van der Waals surface area contributed by atoms with Crippen molar-refractivity contribution < 1.29 is 10.1 Å². The Kier molecular flexibility index (Phi) is 3.65. The SMILES string of the molecule is C=CCC(C)OO. The standard InChI is InChI=1S/C5H10O2/c1-3-4-5(2)7-6/h3,5-6H,1,4H2,2H3. The fourth-order valence-electron chi connectivity index (χ4n) is 0.278. The molecule has 0 aliphatic carbocycles. The van der Waals surface area contributed by atoms with Gasteiger partial charge in [-0.2, -0.15) is 0 Å². The van der Waals surface area contributed by atoms with Gasteiger partial charge in [0.25, 0.3) is 0 Å². The monoisotopic (exact) mass is 102 g/mol. The van der Waals surface area contributed by atoms with Crippen LogP contribution in [0.15, 0.2) is 12.7 Å². The summed E-state index contributed by atoms with van der Waals surface area (Å²) < 4.78 is 0. The first-order valence-corrected chi connectivity index (χ1v) is 2.22. The van der Waals surface area contributed by atoms with E-state index < -0.39 is 0 Å². The molecule has 1 unspecified atom stereocenters. The maximum atomic E-state index is 7.92. The fraction of sp³-hybridized carbons (Fsp3) is 0.600. The van der Waals surface area contributed by atoms with Crippen LogP contribution in [0.2, 0.25) is 0 Å². The van der Waals surface area contributed by atoms with Crippen molar-refractivity contribution in [3.8, 4) is 0 Å². The highest BCUT2D eigenvalue weighted by atomic mass is 17.1. The molecule has 0 aliphatic rings. The maximum Gasteiger partial charge on any atom is 0.0933 e. The second-order valence-electron chi connectivity index (χ2n) is 1.44. The smallest absolute Gasteiger partial charge is 0.0933 e. The van der Waals surface area contributed by atoms with Crippen molar-refractivity contribution >= 4 is 0 Å². The average Bonchev–Trinajstić information content (AvgIpc) is 1.68. The molecular formula is C5H10O2. The molecule has 0 radical (unpaired) electrons. The minimum Gasteiger partial charge on any atom is -0.252 e. The van der Waals surface area contributed by atoms with Gasteiger partial charge in [0.05, 0.1) is 6.10 Å². The molecule has 42 valence electrons. The van der Waals surface area contributed by atoms with E-state index in [4.69, 9.17) is 5.26 Å². The Balaban J connectivity index is 2.98. The van der Waals surface area contributed by atoms with Crippen LogP contribution in [0.25, 0.3) is 0 Å². The quantitative estimate of drug-likeness (QED) is 0.332. The van der Waals surface area contributed by atoms with Gasteiger partial charge in [0.1, 0.15) is 0 Å². The molecule has 0 amide bonds. The lowest BCUT2D eigenvalue weighted by Gasteiger charge is -1.99. The van der Waals surface area contributed by atoms with Gasteiger partial charge in [0, 0.05) is 0 Å². The number of hydrogen-bond acceptors (Lipinski definition) is 2. The summed E-state index contributed by atoms with van der Waals surface area (Å²) in [6.45, 7) is 5.22. The molecular weight excluding hydrogens is 92.1 g/mol. The molecule has 2 heteroatoms. The van der Waals surface area contributed by atoms with E-state index in [1.54, 1.807) is 13.0 Å². The minimum absolute atomic E-state index is 0.113. The third-order valence-electron chi connectivity index (χ3n) is 0.679. The zero-order valence-corrected chi connectivity index (χ0v) is 4.42. The van der Waals surface area contributed by atoms with E-state index in [0.717, 1.165) is 0 Å². The van der Waals surface area contributed by atoms with Gasteiger partial charge in [-0.05, 0) is 13.3 Å². The number of hydrogen-bond donors (Lipinski definition) is 1. The lowest BCUT2D eigenvalue weighted by Crippen LogP contribution is -2.01. The van der Waals surface area contributed by atoms with Crippen molar-refractivity contribution in [3.63, 3.8) is 0 Å². The molecule has 0 aliphatic heterocycles. The van der Waals surface area contributed by atoms with Gasteiger partial charge in [0.15, 0.2) is 0 Å². The van der Waals surface area contributed by atoms with Crippen LogP contribution in [0, 0.1) is 0 Å². The van der Waals surface area contributed by atoms with Crippen molar-refractivity contribution in [3.05, 3.63) is 12.7 Å².